The van der Waals surface area contributed by atoms with Crippen LogP contribution in [0.2, 0.25) is 10.0 Å². The molecule has 0 atom stereocenters. The van der Waals surface area contributed by atoms with Gasteiger partial charge in [0.1, 0.15) is 0 Å². The molecule has 0 aliphatic heterocycles. The number of para-hydroxylation sites is 1. The molecule has 0 bridgehead atoms. The normalized spacial score (nSPS) is 11.6. The van der Waals surface area contributed by atoms with Crippen LogP contribution in [0.1, 0.15) is 26.7 Å². The SMILES string of the molecule is CC(C)(CN)CCCOc1c(Cl)cccc1Cl. The van der Waals surface area contributed by atoms with Crippen molar-refractivity contribution < 1.29 is 4.74 Å². The third-order valence-corrected chi connectivity index (χ3v) is 3.31. The Morgan fingerprint density at radius 2 is 1.82 bits per heavy atom. The molecular weight excluding hydrogens is 257 g/mol. The average Bonchev–Trinajstić information content (AvgIpc) is 2.27. The fourth-order valence-corrected chi connectivity index (χ4v) is 1.95. The van der Waals surface area contributed by atoms with Crippen LogP contribution < -0.4 is 10.5 Å². The summed E-state index contributed by atoms with van der Waals surface area (Å²) in [4.78, 5) is 0. The summed E-state index contributed by atoms with van der Waals surface area (Å²) in [6.07, 6.45) is 1.96. The Morgan fingerprint density at radius 1 is 1.24 bits per heavy atom. The first-order valence-corrected chi connectivity index (χ1v) is 6.49. The molecule has 0 amide bonds. The van der Waals surface area contributed by atoms with Crippen LogP contribution in [-0.2, 0) is 0 Å². The van der Waals surface area contributed by atoms with Crippen molar-refractivity contribution in [2.75, 3.05) is 13.2 Å². The number of hydrogen-bond donors (Lipinski definition) is 1. The summed E-state index contributed by atoms with van der Waals surface area (Å²) in [7, 11) is 0. The van der Waals surface area contributed by atoms with Crippen molar-refractivity contribution in [3.8, 4) is 5.75 Å². The number of halogens is 2. The van der Waals surface area contributed by atoms with Gasteiger partial charge in [-0.25, -0.2) is 0 Å². The van der Waals surface area contributed by atoms with Crippen molar-refractivity contribution in [1.29, 1.82) is 0 Å². The number of benzene rings is 1. The Bertz CT molecular complexity index is 346. The van der Waals surface area contributed by atoms with Crippen LogP contribution in [0.25, 0.3) is 0 Å². The van der Waals surface area contributed by atoms with Crippen LogP contribution in [-0.4, -0.2) is 13.2 Å². The average molecular weight is 276 g/mol. The summed E-state index contributed by atoms with van der Waals surface area (Å²) < 4.78 is 5.60. The lowest BCUT2D eigenvalue weighted by molar-refractivity contribution is 0.261. The maximum Gasteiger partial charge on any atom is 0.156 e. The Balaban J connectivity index is 2.42. The van der Waals surface area contributed by atoms with Gasteiger partial charge in [-0.15, -0.1) is 0 Å². The minimum Gasteiger partial charge on any atom is -0.490 e. The molecule has 17 heavy (non-hydrogen) atoms. The van der Waals surface area contributed by atoms with Crippen molar-refractivity contribution in [2.45, 2.75) is 26.7 Å². The van der Waals surface area contributed by atoms with E-state index in [2.05, 4.69) is 13.8 Å². The molecule has 1 aromatic carbocycles. The van der Waals surface area contributed by atoms with E-state index in [1.54, 1.807) is 18.2 Å². The van der Waals surface area contributed by atoms with Gasteiger partial charge in [0.25, 0.3) is 0 Å². The van der Waals surface area contributed by atoms with Crippen LogP contribution in [0.4, 0.5) is 0 Å². The zero-order valence-electron chi connectivity index (χ0n) is 10.3. The lowest BCUT2D eigenvalue weighted by Crippen LogP contribution is -2.24. The number of ether oxygens (including phenoxy) is 1. The zero-order chi connectivity index (χ0) is 12.9. The third-order valence-electron chi connectivity index (χ3n) is 2.72. The maximum atomic E-state index is 6.00. The predicted molar refractivity (Wildman–Crippen MR) is 74.0 cm³/mol. The van der Waals surface area contributed by atoms with E-state index in [1.807, 2.05) is 0 Å². The van der Waals surface area contributed by atoms with Gasteiger partial charge in [0.2, 0.25) is 0 Å². The van der Waals surface area contributed by atoms with Gasteiger partial charge in [0.05, 0.1) is 16.7 Å². The number of nitrogens with two attached hydrogens (primary N) is 1. The molecule has 0 aromatic heterocycles. The van der Waals surface area contributed by atoms with Gasteiger partial charge in [0.15, 0.2) is 5.75 Å². The van der Waals surface area contributed by atoms with E-state index >= 15 is 0 Å². The Kier molecular flexibility index (Phi) is 5.57. The maximum absolute atomic E-state index is 6.00. The molecule has 0 saturated heterocycles. The van der Waals surface area contributed by atoms with Crippen molar-refractivity contribution in [2.24, 2.45) is 11.1 Å². The van der Waals surface area contributed by atoms with Crippen LogP contribution in [0, 0.1) is 5.41 Å². The second-order valence-corrected chi connectivity index (χ2v) is 5.69. The first kappa shape index (κ1) is 14.6. The Labute approximate surface area is 113 Å². The molecule has 0 heterocycles. The van der Waals surface area contributed by atoms with Crippen LogP contribution in [0.5, 0.6) is 5.75 Å². The van der Waals surface area contributed by atoms with Gasteiger partial charge in [0, 0.05) is 0 Å². The molecule has 96 valence electrons. The number of hydrogen-bond acceptors (Lipinski definition) is 2. The van der Waals surface area contributed by atoms with Gasteiger partial charge in [-0.1, -0.05) is 43.1 Å². The van der Waals surface area contributed by atoms with Crippen LogP contribution in [0.15, 0.2) is 18.2 Å². The second kappa shape index (κ2) is 6.48. The first-order chi connectivity index (χ1) is 7.96. The van der Waals surface area contributed by atoms with Crippen molar-refractivity contribution in [3.63, 3.8) is 0 Å². The summed E-state index contributed by atoms with van der Waals surface area (Å²) in [5, 5.41) is 1.10. The largest absolute Gasteiger partial charge is 0.490 e. The van der Waals surface area contributed by atoms with E-state index in [-0.39, 0.29) is 5.41 Å². The quantitative estimate of drug-likeness (QED) is 0.792. The highest BCUT2D eigenvalue weighted by molar-refractivity contribution is 6.37. The topological polar surface area (TPSA) is 35.2 Å². The monoisotopic (exact) mass is 275 g/mol. The van der Waals surface area contributed by atoms with Crippen molar-refractivity contribution in [3.05, 3.63) is 28.2 Å². The molecule has 4 heteroatoms. The van der Waals surface area contributed by atoms with Gasteiger partial charge in [-0.3, -0.25) is 0 Å². The third kappa shape index (κ3) is 4.74. The molecule has 1 aromatic rings. The smallest absolute Gasteiger partial charge is 0.156 e. The first-order valence-electron chi connectivity index (χ1n) is 5.73. The van der Waals surface area contributed by atoms with E-state index in [0.29, 0.717) is 28.9 Å². The summed E-state index contributed by atoms with van der Waals surface area (Å²) in [5.41, 5.74) is 5.83. The minimum atomic E-state index is 0.160. The molecule has 0 saturated carbocycles. The minimum absolute atomic E-state index is 0.160. The molecule has 2 N–H and O–H groups in total. The highest BCUT2D eigenvalue weighted by Gasteiger charge is 2.15. The standard InChI is InChI=1S/C13H19Cl2NO/c1-13(2,9-16)7-4-8-17-12-10(14)5-3-6-11(12)15/h3,5-6H,4,7-9,16H2,1-2H3. The molecule has 0 aliphatic rings. The van der Waals surface area contributed by atoms with Crippen molar-refractivity contribution >= 4 is 23.2 Å². The van der Waals surface area contributed by atoms with E-state index < -0.39 is 0 Å². The van der Waals surface area contributed by atoms with E-state index in [0.717, 1.165) is 12.8 Å². The summed E-state index contributed by atoms with van der Waals surface area (Å²) >= 11 is 12.0. The zero-order valence-corrected chi connectivity index (χ0v) is 11.8. The van der Waals surface area contributed by atoms with Gasteiger partial charge in [-0.05, 0) is 36.9 Å². The summed E-state index contributed by atoms with van der Waals surface area (Å²) in [5.74, 6) is 0.571. The van der Waals surface area contributed by atoms with E-state index in [4.69, 9.17) is 33.7 Å². The van der Waals surface area contributed by atoms with Gasteiger partial charge in [-0.2, -0.15) is 0 Å². The van der Waals surface area contributed by atoms with E-state index in [9.17, 15) is 0 Å². The van der Waals surface area contributed by atoms with Gasteiger partial charge >= 0.3 is 0 Å². The van der Waals surface area contributed by atoms with Crippen LogP contribution >= 0.6 is 23.2 Å². The lowest BCUT2D eigenvalue weighted by Gasteiger charge is -2.22. The number of rotatable bonds is 6. The van der Waals surface area contributed by atoms with E-state index in [1.165, 1.54) is 0 Å². The van der Waals surface area contributed by atoms with Crippen molar-refractivity contribution in [1.82, 2.24) is 0 Å². The fourth-order valence-electron chi connectivity index (χ4n) is 1.45. The molecule has 0 spiro atoms. The second-order valence-electron chi connectivity index (χ2n) is 4.87. The summed E-state index contributed by atoms with van der Waals surface area (Å²) in [6, 6.07) is 5.34. The Hall–Kier alpha value is -0.440. The molecule has 0 radical (unpaired) electrons. The molecular formula is C13H19Cl2NO. The highest BCUT2D eigenvalue weighted by Crippen LogP contribution is 2.32. The predicted octanol–water partition coefficient (Wildman–Crippen LogP) is 4.14. The lowest BCUT2D eigenvalue weighted by atomic mass is 9.88. The molecule has 0 aliphatic carbocycles. The fraction of sp³-hybridized carbons (Fsp3) is 0.538. The molecule has 0 unspecified atom stereocenters. The molecule has 0 fully saturated rings. The Morgan fingerprint density at radius 3 is 2.35 bits per heavy atom. The molecule has 2 nitrogen and oxygen atoms in total. The van der Waals surface area contributed by atoms with Crippen LogP contribution in [0.3, 0.4) is 0 Å². The summed E-state index contributed by atoms with van der Waals surface area (Å²) in [6.45, 7) is 5.58. The highest BCUT2D eigenvalue weighted by atomic mass is 35.5. The molecule has 1 rings (SSSR count). The van der Waals surface area contributed by atoms with Gasteiger partial charge < -0.3 is 10.5 Å².